The summed E-state index contributed by atoms with van der Waals surface area (Å²) in [5, 5.41) is 6.24. The van der Waals surface area contributed by atoms with Crippen LogP contribution in [0.15, 0.2) is 18.2 Å². The lowest BCUT2D eigenvalue weighted by molar-refractivity contribution is 0.0952. The highest BCUT2D eigenvalue weighted by Gasteiger charge is 2.12. The summed E-state index contributed by atoms with van der Waals surface area (Å²) < 4.78 is 0. The van der Waals surface area contributed by atoms with Crippen molar-refractivity contribution in [1.82, 2.24) is 15.5 Å². The Labute approximate surface area is 108 Å². The molecule has 0 unspecified atom stereocenters. The van der Waals surface area contributed by atoms with Gasteiger partial charge < -0.3 is 15.5 Å². The van der Waals surface area contributed by atoms with Gasteiger partial charge in [-0.05, 0) is 50.3 Å². The zero-order valence-electron chi connectivity index (χ0n) is 11.1. The molecule has 0 saturated heterocycles. The quantitative estimate of drug-likeness (QED) is 0.762. The zero-order valence-corrected chi connectivity index (χ0v) is 11.1. The Bertz CT molecular complexity index is 429. The van der Waals surface area contributed by atoms with E-state index in [9.17, 15) is 4.79 Å². The number of hydrogen-bond donors (Lipinski definition) is 2. The van der Waals surface area contributed by atoms with Crippen LogP contribution in [0.4, 0.5) is 0 Å². The molecule has 1 amide bonds. The van der Waals surface area contributed by atoms with Crippen molar-refractivity contribution in [1.29, 1.82) is 0 Å². The number of rotatable bonds is 5. The van der Waals surface area contributed by atoms with Gasteiger partial charge in [0.1, 0.15) is 0 Å². The number of nitrogens with zero attached hydrogens (tertiary/aromatic N) is 1. The molecule has 4 heteroatoms. The minimum Gasteiger partial charge on any atom is -0.352 e. The van der Waals surface area contributed by atoms with E-state index < -0.39 is 0 Å². The molecule has 18 heavy (non-hydrogen) atoms. The van der Waals surface area contributed by atoms with Gasteiger partial charge in [0.25, 0.3) is 5.91 Å². The SMILES string of the molecule is CN(C)CCCNC(=O)c1ccc2c(c1)CNC2. The molecule has 1 aromatic rings. The maximum atomic E-state index is 11.9. The molecular formula is C14H21N3O. The molecule has 0 aromatic heterocycles. The van der Waals surface area contributed by atoms with Crippen LogP contribution >= 0.6 is 0 Å². The van der Waals surface area contributed by atoms with Crippen molar-refractivity contribution < 1.29 is 4.79 Å². The van der Waals surface area contributed by atoms with Gasteiger partial charge in [0.05, 0.1) is 0 Å². The number of hydrogen-bond acceptors (Lipinski definition) is 3. The maximum Gasteiger partial charge on any atom is 0.251 e. The van der Waals surface area contributed by atoms with Crippen molar-refractivity contribution in [3.05, 3.63) is 34.9 Å². The fraction of sp³-hybridized carbons (Fsp3) is 0.500. The van der Waals surface area contributed by atoms with Gasteiger partial charge in [-0.25, -0.2) is 0 Å². The van der Waals surface area contributed by atoms with Crippen LogP contribution in [0.2, 0.25) is 0 Å². The second-order valence-corrected chi connectivity index (χ2v) is 5.00. The molecule has 98 valence electrons. The molecule has 0 aliphatic carbocycles. The Kier molecular flexibility index (Phi) is 4.33. The minimum absolute atomic E-state index is 0.0310. The lowest BCUT2D eigenvalue weighted by Gasteiger charge is -2.10. The Hall–Kier alpha value is -1.39. The molecule has 2 rings (SSSR count). The van der Waals surface area contributed by atoms with E-state index in [1.165, 1.54) is 11.1 Å². The summed E-state index contributed by atoms with van der Waals surface area (Å²) in [6.07, 6.45) is 0.977. The summed E-state index contributed by atoms with van der Waals surface area (Å²) >= 11 is 0. The van der Waals surface area contributed by atoms with Gasteiger partial charge in [-0.15, -0.1) is 0 Å². The van der Waals surface area contributed by atoms with E-state index in [4.69, 9.17) is 0 Å². The van der Waals surface area contributed by atoms with Crippen LogP contribution in [0.3, 0.4) is 0 Å². The Morgan fingerprint density at radius 2 is 2.11 bits per heavy atom. The summed E-state index contributed by atoms with van der Waals surface area (Å²) in [6, 6.07) is 5.95. The first-order chi connectivity index (χ1) is 8.66. The van der Waals surface area contributed by atoms with Gasteiger partial charge in [0.2, 0.25) is 0 Å². The lowest BCUT2D eigenvalue weighted by atomic mass is 10.1. The van der Waals surface area contributed by atoms with E-state index >= 15 is 0 Å². The number of nitrogens with one attached hydrogen (secondary N) is 2. The third-order valence-corrected chi connectivity index (χ3v) is 3.17. The monoisotopic (exact) mass is 247 g/mol. The molecule has 0 saturated carbocycles. The molecule has 2 N–H and O–H groups in total. The summed E-state index contributed by atoms with van der Waals surface area (Å²) in [6.45, 7) is 3.51. The van der Waals surface area contributed by atoms with Crippen LogP contribution in [-0.4, -0.2) is 38.0 Å². The number of fused-ring (bicyclic) bond motifs is 1. The van der Waals surface area contributed by atoms with Gasteiger partial charge in [0, 0.05) is 25.2 Å². The smallest absolute Gasteiger partial charge is 0.251 e. The maximum absolute atomic E-state index is 11.9. The van der Waals surface area contributed by atoms with Gasteiger partial charge in [-0.2, -0.15) is 0 Å². The predicted molar refractivity (Wildman–Crippen MR) is 72.5 cm³/mol. The van der Waals surface area contributed by atoms with Crippen molar-refractivity contribution in [3.8, 4) is 0 Å². The highest BCUT2D eigenvalue weighted by Crippen LogP contribution is 2.16. The fourth-order valence-electron chi connectivity index (χ4n) is 2.14. The first kappa shape index (κ1) is 13.1. The zero-order chi connectivity index (χ0) is 13.0. The van der Waals surface area contributed by atoms with Crippen LogP contribution in [0.1, 0.15) is 27.9 Å². The molecule has 4 nitrogen and oxygen atoms in total. The van der Waals surface area contributed by atoms with Gasteiger partial charge in [0.15, 0.2) is 0 Å². The van der Waals surface area contributed by atoms with E-state index in [0.29, 0.717) is 0 Å². The number of benzene rings is 1. The van der Waals surface area contributed by atoms with Crippen molar-refractivity contribution in [2.75, 3.05) is 27.2 Å². The topological polar surface area (TPSA) is 44.4 Å². The molecule has 1 aromatic carbocycles. The van der Waals surface area contributed by atoms with Gasteiger partial charge in [-0.3, -0.25) is 4.79 Å². The van der Waals surface area contributed by atoms with E-state index in [2.05, 4.69) is 15.5 Å². The van der Waals surface area contributed by atoms with Crippen LogP contribution in [0.25, 0.3) is 0 Å². The molecule has 1 aliphatic heterocycles. The highest BCUT2D eigenvalue weighted by atomic mass is 16.1. The summed E-state index contributed by atoms with van der Waals surface area (Å²) in [5.74, 6) is 0.0310. The van der Waals surface area contributed by atoms with Crippen LogP contribution in [0.5, 0.6) is 0 Å². The van der Waals surface area contributed by atoms with Crippen LogP contribution in [-0.2, 0) is 13.1 Å². The van der Waals surface area contributed by atoms with Crippen molar-refractivity contribution in [3.63, 3.8) is 0 Å². The van der Waals surface area contributed by atoms with E-state index in [1.807, 2.05) is 32.3 Å². The van der Waals surface area contributed by atoms with Gasteiger partial charge in [-0.1, -0.05) is 6.07 Å². The first-order valence-electron chi connectivity index (χ1n) is 6.42. The normalized spacial score (nSPS) is 13.7. The van der Waals surface area contributed by atoms with E-state index in [-0.39, 0.29) is 5.91 Å². The minimum atomic E-state index is 0.0310. The molecule has 0 radical (unpaired) electrons. The average molecular weight is 247 g/mol. The Morgan fingerprint density at radius 1 is 1.33 bits per heavy atom. The Morgan fingerprint density at radius 3 is 2.89 bits per heavy atom. The van der Waals surface area contributed by atoms with E-state index in [1.54, 1.807) is 0 Å². The third-order valence-electron chi connectivity index (χ3n) is 3.17. The van der Waals surface area contributed by atoms with Gasteiger partial charge >= 0.3 is 0 Å². The van der Waals surface area contributed by atoms with Crippen molar-refractivity contribution in [2.24, 2.45) is 0 Å². The molecule has 1 aliphatic rings. The molecule has 0 spiro atoms. The third kappa shape index (κ3) is 3.31. The summed E-state index contributed by atoms with van der Waals surface area (Å²) in [4.78, 5) is 14.1. The van der Waals surface area contributed by atoms with E-state index in [0.717, 1.165) is 38.2 Å². The fourth-order valence-corrected chi connectivity index (χ4v) is 2.14. The van der Waals surface area contributed by atoms with Crippen LogP contribution < -0.4 is 10.6 Å². The van der Waals surface area contributed by atoms with Crippen molar-refractivity contribution in [2.45, 2.75) is 19.5 Å². The summed E-state index contributed by atoms with van der Waals surface area (Å²) in [7, 11) is 4.07. The molecule has 1 heterocycles. The number of carbonyl (C=O) groups excluding carboxylic acids is 1. The van der Waals surface area contributed by atoms with Crippen molar-refractivity contribution >= 4 is 5.91 Å². The number of carbonyl (C=O) groups is 1. The predicted octanol–water partition coefficient (Wildman–Crippen LogP) is 0.971. The van der Waals surface area contributed by atoms with Crippen LogP contribution in [0, 0.1) is 0 Å². The molecule has 0 atom stereocenters. The first-order valence-corrected chi connectivity index (χ1v) is 6.42. The highest BCUT2D eigenvalue weighted by molar-refractivity contribution is 5.94. The molecule has 0 fully saturated rings. The average Bonchev–Trinajstić information content (AvgIpc) is 2.81. The standard InChI is InChI=1S/C14H21N3O/c1-17(2)7-3-6-16-14(18)11-4-5-12-9-15-10-13(12)8-11/h4-5,8,15H,3,6-7,9-10H2,1-2H3,(H,16,18). The lowest BCUT2D eigenvalue weighted by Crippen LogP contribution is -2.27. The second kappa shape index (κ2) is 5.98. The second-order valence-electron chi connectivity index (χ2n) is 5.00. The largest absolute Gasteiger partial charge is 0.352 e. The Balaban J connectivity index is 1.85. The molecular weight excluding hydrogens is 226 g/mol. The summed E-state index contributed by atoms with van der Waals surface area (Å²) in [5.41, 5.74) is 3.32. The molecule has 0 bridgehead atoms. The number of amides is 1.